The first-order valence-electron chi connectivity index (χ1n) is 8.15. The van der Waals surface area contributed by atoms with Gasteiger partial charge in [0.25, 0.3) is 0 Å². The van der Waals surface area contributed by atoms with Crippen LogP contribution in [0.15, 0.2) is 46.9 Å². The topological polar surface area (TPSA) is 42.7 Å². The third-order valence-electron chi connectivity index (χ3n) is 4.30. The number of carbonyl (C=O) groups excluding carboxylic acids is 1. The molecule has 0 bridgehead atoms. The van der Waals surface area contributed by atoms with Crippen LogP contribution in [0.25, 0.3) is 21.9 Å². The van der Waals surface area contributed by atoms with Crippen molar-refractivity contribution in [2.45, 2.75) is 5.75 Å². The van der Waals surface area contributed by atoms with Crippen LogP contribution >= 0.6 is 11.8 Å². The van der Waals surface area contributed by atoms with Crippen LogP contribution in [0.4, 0.5) is 0 Å². The van der Waals surface area contributed by atoms with Gasteiger partial charge in [-0.1, -0.05) is 24.3 Å². The van der Waals surface area contributed by atoms with E-state index in [0.29, 0.717) is 32.1 Å². The standard InChI is InChI=1S/C19H19NO3S/c21-19(20-7-9-22-10-8-20)13-24-12-14-5-6-18-16(11-14)15-3-1-2-4-17(15)23-18/h1-6,11H,7-10,12-13H2. The Morgan fingerprint density at radius 2 is 1.83 bits per heavy atom. The number of morpholine rings is 1. The predicted molar refractivity (Wildman–Crippen MR) is 97.3 cm³/mol. The van der Waals surface area contributed by atoms with Gasteiger partial charge in [-0.2, -0.15) is 0 Å². The molecule has 0 radical (unpaired) electrons. The molecule has 1 saturated heterocycles. The summed E-state index contributed by atoms with van der Waals surface area (Å²) in [4.78, 5) is 14.1. The molecule has 1 fully saturated rings. The van der Waals surface area contributed by atoms with Crippen LogP contribution in [-0.2, 0) is 15.3 Å². The summed E-state index contributed by atoms with van der Waals surface area (Å²) in [6.45, 7) is 2.74. The van der Waals surface area contributed by atoms with E-state index in [9.17, 15) is 4.79 Å². The normalized spacial score (nSPS) is 15.2. The molecule has 0 atom stereocenters. The number of benzene rings is 2. The molecule has 2 heterocycles. The largest absolute Gasteiger partial charge is 0.456 e. The summed E-state index contributed by atoms with van der Waals surface area (Å²) in [6, 6.07) is 14.4. The van der Waals surface area contributed by atoms with Gasteiger partial charge in [0.05, 0.1) is 19.0 Å². The molecule has 124 valence electrons. The van der Waals surface area contributed by atoms with Crippen LogP contribution in [0.3, 0.4) is 0 Å². The van der Waals surface area contributed by atoms with Gasteiger partial charge in [-0.05, 0) is 23.8 Å². The molecule has 3 aromatic rings. The fraction of sp³-hybridized carbons (Fsp3) is 0.316. The number of ether oxygens (including phenoxy) is 1. The second-order valence-electron chi connectivity index (χ2n) is 5.91. The van der Waals surface area contributed by atoms with Crippen molar-refractivity contribution in [3.8, 4) is 0 Å². The Morgan fingerprint density at radius 1 is 1.04 bits per heavy atom. The molecule has 1 aliphatic rings. The molecular formula is C19H19NO3S. The number of hydrogen-bond acceptors (Lipinski definition) is 4. The van der Waals surface area contributed by atoms with Crippen molar-refractivity contribution in [2.75, 3.05) is 32.1 Å². The Kier molecular flexibility index (Phi) is 4.45. The summed E-state index contributed by atoms with van der Waals surface area (Å²) in [5.41, 5.74) is 3.04. The average molecular weight is 341 g/mol. The molecule has 0 saturated carbocycles. The minimum atomic E-state index is 0.207. The number of para-hydroxylation sites is 1. The number of furan rings is 1. The van der Waals surface area contributed by atoms with Crippen LogP contribution in [0, 0.1) is 0 Å². The smallest absolute Gasteiger partial charge is 0.232 e. The Morgan fingerprint density at radius 3 is 2.71 bits per heavy atom. The fourth-order valence-corrected chi connectivity index (χ4v) is 3.90. The van der Waals surface area contributed by atoms with Gasteiger partial charge in [0.2, 0.25) is 5.91 Å². The number of thioether (sulfide) groups is 1. The van der Waals surface area contributed by atoms with E-state index in [2.05, 4.69) is 18.2 Å². The molecule has 0 N–H and O–H groups in total. The van der Waals surface area contributed by atoms with Crippen LogP contribution < -0.4 is 0 Å². The maximum atomic E-state index is 12.2. The highest BCUT2D eigenvalue weighted by Gasteiger charge is 2.16. The zero-order chi connectivity index (χ0) is 16.4. The molecule has 1 aromatic heterocycles. The Bertz CT molecular complexity index is 867. The number of amides is 1. The van der Waals surface area contributed by atoms with Gasteiger partial charge in [0.1, 0.15) is 11.2 Å². The average Bonchev–Trinajstić information content (AvgIpc) is 3.00. The highest BCUT2D eigenvalue weighted by Crippen LogP contribution is 2.30. The fourth-order valence-electron chi connectivity index (χ4n) is 3.02. The molecule has 2 aromatic carbocycles. The van der Waals surface area contributed by atoms with Gasteiger partial charge in [0.15, 0.2) is 0 Å². The first-order chi connectivity index (χ1) is 11.8. The van der Waals surface area contributed by atoms with Gasteiger partial charge < -0.3 is 14.1 Å². The predicted octanol–water partition coefficient (Wildman–Crippen LogP) is 3.68. The Balaban J connectivity index is 1.43. The van der Waals surface area contributed by atoms with Crippen LogP contribution in [0.5, 0.6) is 0 Å². The van der Waals surface area contributed by atoms with Gasteiger partial charge in [-0.25, -0.2) is 0 Å². The van der Waals surface area contributed by atoms with E-state index in [1.165, 1.54) is 5.56 Å². The quantitative estimate of drug-likeness (QED) is 0.726. The summed E-state index contributed by atoms with van der Waals surface area (Å²) in [6.07, 6.45) is 0. The minimum absolute atomic E-state index is 0.207. The molecule has 5 heteroatoms. The second-order valence-corrected chi connectivity index (χ2v) is 6.90. The molecule has 0 spiro atoms. The van der Waals surface area contributed by atoms with Gasteiger partial charge in [-0.3, -0.25) is 4.79 Å². The van der Waals surface area contributed by atoms with Gasteiger partial charge >= 0.3 is 0 Å². The lowest BCUT2D eigenvalue weighted by Gasteiger charge is -2.26. The summed E-state index contributed by atoms with van der Waals surface area (Å²) < 4.78 is 11.1. The molecular weight excluding hydrogens is 322 g/mol. The third kappa shape index (κ3) is 3.14. The van der Waals surface area contributed by atoms with Crippen molar-refractivity contribution < 1.29 is 13.9 Å². The first kappa shape index (κ1) is 15.5. The molecule has 4 nitrogen and oxygen atoms in total. The van der Waals surface area contributed by atoms with Crippen molar-refractivity contribution in [2.24, 2.45) is 0 Å². The number of hydrogen-bond donors (Lipinski definition) is 0. The molecule has 1 aliphatic heterocycles. The number of rotatable bonds is 4. The number of nitrogens with zero attached hydrogens (tertiary/aromatic N) is 1. The summed E-state index contributed by atoms with van der Waals surface area (Å²) in [7, 11) is 0. The zero-order valence-electron chi connectivity index (χ0n) is 13.4. The van der Waals surface area contributed by atoms with Crippen LogP contribution in [0.2, 0.25) is 0 Å². The maximum Gasteiger partial charge on any atom is 0.232 e. The van der Waals surface area contributed by atoms with E-state index in [-0.39, 0.29) is 5.91 Å². The molecule has 1 amide bonds. The van der Waals surface area contributed by atoms with Crippen molar-refractivity contribution in [1.82, 2.24) is 4.90 Å². The Labute approximate surface area is 144 Å². The van der Waals surface area contributed by atoms with E-state index in [0.717, 1.165) is 27.7 Å². The van der Waals surface area contributed by atoms with Gasteiger partial charge in [-0.15, -0.1) is 11.8 Å². The lowest BCUT2D eigenvalue weighted by molar-refractivity contribution is -0.132. The number of fused-ring (bicyclic) bond motifs is 3. The summed E-state index contributed by atoms with van der Waals surface area (Å²) >= 11 is 1.66. The van der Waals surface area contributed by atoms with Crippen LogP contribution in [-0.4, -0.2) is 42.9 Å². The summed E-state index contributed by atoms with van der Waals surface area (Å²) in [5, 5.41) is 2.28. The van der Waals surface area contributed by atoms with Crippen LogP contribution in [0.1, 0.15) is 5.56 Å². The van der Waals surface area contributed by atoms with Gasteiger partial charge in [0, 0.05) is 29.6 Å². The zero-order valence-corrected chi connectivity index (χ0v) is 14.2. The molecule has 24 heavy (non-hydrogen) atoms. The maximum absolute atomic E-state index is 12.2. The Hall–Kier alpha value is -1.98. The minimum Gasteiger partial charge on any atom is -0.456 e. The SMILES string of the molecule is O=C(CSCc1ccc2oc3ccccc3c2c1)N1CCOCC1. The third-order valence-corrected chi connectivity index (χ3v) is 5.29. The first-order valence-corrected chi connectivity index (χ1v) is 9.30. The van der Waals surface area contributed by atoms with E-state index in [4.69, 9.17) is 9.15 Å². The highest BCUT2D eigenvalue weighted by molar-refractivity contribution is 7.99. The molecule has 0 unspecified atom stereocenters. The van der Waals surface area contributed by atoms with Crippen molar-refractivity contribution in [3.63, 3.8) is 0 Å². The van der Waals surface area contributed by atoms with E-state index < -0.39 is 0 Å². The molecule has 4 rings (SSSR count). The van der Waals surface area contributed by atoms with E-state index in [1.54, 1.807) is 11.8 Å². The van der Waals surface area contributed by atoms with E-state index in [1.807, 2.05) is 29.2 Å². The summed E-state index contributed by atoms with van der Waals surface area (Å²) in [5.74, 6) is 1.55. The molecule has 0 aliphatic carbocycles. The lowest BCUT2D eigenvalue weighted by Crippen LogP contribution is -2.41. The second kappa shape index (κ2) is 6.87. The van der Waals surface area contributed by atoms with E-state index >= 15 is 0 Å². The number of carbonyl (C=O) groups is 1. The monoisotopic (exact) mass is 341 g/mol. The lowest BCUT2D eigenvalue weighted by atomic mass is 10.1. The van der Waals surface area contributed by atoms with Crippen molar-refractivity contribution >= 4 is 39.6 Å². The van der Waals surface area contributed by atoms with Crippen molar-refractivity contribution in [3.05, 3.63) is 48.0 Å². The van der Waals surface area contributed by atoms with Crippen molar-refractivity contribution in [1.29, 1.82) is 0 Å². The highest BCUT2D eigenvalue weighted by atomic mass is 32.2.